The number of carbonyl (C=O) groups is 1. The van der Waals surface area contributed by atoms with E-state index in [9.17, 15) is 13.2 Å². The normalized spacial score (nSPS) is 15.6. The molecule has 6 nitrogen and oxygen atoms in total. The predicted octanol–water partition coefficient (Wildman–Crippen LogP) is 3.15. The van der Waals surface area contributed by atoms with Crippen molar-refractivity contribution in [2.75, 3.05) is 33.3 Å². The topological polar surface area (TPSA) is 66.9 Å². The quantitative estimate of drug-likeness (QED) is 0.749. The fourth-order valence-electron chi connectivity index (χ4n) is 2.90. The van der Waals surface area contributed by atoms with Gasteiger partial charge in [0.05, 0.1) is 17.6 Å². The first-order valence-electron chi connectivity index (χ1n) is 8.21. The first-order valence-corrected chi connectivity index (χ1v) is 10.4. The van der Waals surface area contributed by atoms with Gasteiger partial charge in [-0.1, -0.05) is 23.2 Å². The number of piperazine rings is 1. The number of hydrogen-bond acceptors (Lipinski definition) is 4. The van der Waals surface area contributed by atoms with Gasteiger partial charge < -0.3 is 9.64 Å². The van der Waals surface area contributed by atoms with Crippen molar-refractivity contribution in [2.24, 2.45) is 0 Å². The minimum atomic E-state index is -3.62. The van der Waals surface area contributed by atoms with Crippen molar-refractivity contribution < 1.29 is 17.9 Å². The van der Waals surface area contributed by atoms with E-state index in [1.165, 1.54) is 23.5 Å². The molecule has 0 aromatic heterocycles. The fourth-order valence-corrected chi connectivity index (χ4v) is 4.63. The van der Waals surface area contributed by atoms with E-state index in [4.69, 9.17) is 27.9 Å². The lowest BCUT2D eigenvalue weighted by molar-refractivity contribution is 0.0694. The largest absolute Gasteiger partial charge is 0.496 e. The number of hydrogen-bond donors (Lipinski definition) is 0. The Labute approximate surface area is 168 Å². The summed E-state index contributed by atoms with van der Waals surface area (Å²) in [6, 6.07) is 10.9. The van der Waals surface area contributed by atoms with Gasteiger partial charge in [-0.05, 0) is 42.5 Å². The molecule has 0 unspecified atom stereocenters. The maximum Gasteiger partial charge on any atom is 0.257 e. The number of sulfonamides is 1. The number of carbonyl (C=O) groups excluding carboxylic acids is 1. The van der Waals surface area contributed by atoms with Gasteiger partial charge in [-0.2, -0.15) is 4.31 Å². The lowest BCUT2D eigenvalue weighted by atomic mass is 10.1. The van der Waals surface area contributed by atoms with Crippen LogP contribution in [-0.4, -0.2) is 56.8 Å². The van der Waals surface area contributed by atoms with E-state index in [1.807, 2.05) is 0 Å². The van der Waals surface area contributed by atoms with Crippen LogP contribution in [0.1, 0.15) is 10.4 Å². The molecule has 9 heteroatoms. The van der Waals surface area contributed by atoms with Crippen molar-refractivity contribution in [2.45, 2.75) is 4.90 Å². The Hall–Kier alpha value is -1.80. The molecule has 3 rings (SSSR count). The van der Waals surface area contributed by atoms with Gasteiger partial charge in [0.1, 0.15) is 5.75 Å². The van der Waals surface area contributed by atoms with Crippen LogP contribution in [-0.2, 0) is 10.0 Å². The number of nitrogens with zero attached hydrogens (tertiary/aromatic N) is 2. The second kappa shape index (κ2) is 8.06. The van der Waals surface area contributed by atoms with Crippen molar-refractivity contribution in [1.82, 2.24) is 9.21 Å². The Morgan fingerprint density at radius 3 is 2.15 bits per heavy atom. The second-order valence-corrected chi connectivity index (χ2v) is 8.81. The SMILES string of the molecule is COc1ccc(Cl)cc1C(=O)N1CCN(S(=O)(=O)c2ccc(Cl)cc2)CC1. The lowest BCUT2D eigenvalue weighted by Gasteiger charge is -2.34. The zero-order valence-corrected chi connectivity index (χ0v) is 16.9. The maximum atomic E-state index is 12.8. The summed E-state index contributed by atoms with van der Waals surface area (Å²) in [4.78, 5) is 14.6. The third-order valence-electron chi connectivity index (χ3n) is 4.37. The number of halogens is 2. The minimum Gasteiger partial charge on any atom is -0.496 e. The highest BCUT2D eigenvalue weighted by Gasteiger charge is 2.31. The second-order valence-electron chi connectivity index (χ2n) is 5.99. The molecular formula is C18H18Cl2N2O4S. The van der Waals surface area contributed by atoms with E-state index in [2.05, 4.69) is 0 Å². The molecule has 0 aliphatic carbocycles. The third-order valence-corrected chi connectivity index (χ3v) is 6.77. The summed E-state index contributed by atoms with van der Waals surface area (Å²) < 4.78 is 32.1. The van der Waals surface area contributed by atoms with Crippen LogP contribution in [0.4, 0.5) is 0 Å². The average Bonchev–Trinajstić information content (AvgIpc) is 2.68. The zero-order valence-electron chi connectivity index (χ0n) is 14.6. The molecule has 0 saturated carbocycles. The van der Waals surface area contributed by atoms with Crippen molar-refractivity contribution in [3.05, 3.63) is 58.1 Å². The van der Waals surface area contributed by atoms with E-state index in [0.717, 1.165) is 0 Å². The van der Waals surface area contributed by atoms with Gasteiger partial charge in [0.2, 0.25) is 10.0 Å². The van der Waals surface area contributed by atoms with Crippen molar-refractivity contribution in [3.8, 4) is 5.75 Å². The van der Waals surface area contributed by atoms with Crippen LogP contribution in [0.25, 0.3) is 0 Å². The Morgan fingerprint density at radius 1 is 0.963 bits per heavy atom. The lowest BCUT2D eigenvalue weighted by Crippen LogP contribution is -2.50. The van der Waals surface area contributed by atoms with Crippen molar-refractivity contribution in [3.63, 3.8) is 0 Å². The number of benzene rings is 2. The van der Waals surface area contributed by atoms with Gasteiger partial charge in [0.15, 0.2) is 0 Å². The molecule has 0 N–H and O–H groups in total. The molecule has 1 aliphatic rings. The molecule has 0 radical (unpaired) electrons. The molecule has 1 saturated heterocycles. The number of ether oxygens (including phenoxy) is 1. The summed E-state index contributed by atoms with van der Waals surface area (Å²) in [7, 11) is -2.14. The molecule has 0 spiro atoms. The van der Waals surface area contributed by atoms with Gasteiger partial charge in [-0.15, -0.1) is 0 Å². The van der Waals surface area contributed by atoms with Gasteiger partial charge in [0, 0.05) is 36.2 Å². The molecule has 0 bridgehead atoms. The highest BCUT2D eigenvalue weighted by molar-refractivity contribution is 7.89. The highest BCUT2D eigenvalue weighted by atomic mass is 35.5. The Balaban J connectivity index is 1.73. The molecule has 1 amide bonds. The summed E-state index contributed by atoms with van der Waals surface area (Å²) in [5, 5.41) is 0.905. The maximum absolute atomic E-state index is 12.8. The van der Waals surface area contributed by atoms with Crippen LogP contribution in [0, 0.1) is 0 Å². The van der Waals surface area contributed by atoms with Gasteiger partial charge in [-0.25, -0.2) is 8.42 Å². The Kier molecular flexibility index (Phi) is 5.95. The third kappa shape index (κ3) is 4.21. The first kappa shape index (κ1) is 19.9. The molecule has 27 heavy (non-hydrogen) atoms. The summed E-state index contributed by atoms with van der Waals surface area (Å²) in [6.45, 7) is 0.974. The summed E-state index contributed by atoms with van der Waals surface area (Å²) in [5.41, 5.74) is 0.360. The van der Waals surface area contributed by atoms with E-state index >= 15 is 0 Å². The van der Waals surface area contributed by atoms with Crippen LogP contribution in [0.5, 0.6) is 5.75 Å². The van der Waals surface area contributed by atoms with E-state index in [-0.39, 0.29) is 37.0 Å². The van der Waals surface area contributed by atoms with Crippen LogP contribution in [0.15, 0.2) is 47.4 Å². The van der Waals surface area contributed by atoms with Crippen LogP contribution in [0.3, 0.4) is 0 Å². The van der Waals surface area contributed by atoms with E-state index in [1.54, 1.807) is 35.2 Å². The van der Waals surface area contributed by atoms with Crippen LogP contribution in [0.2, 0.25) is 10.0 Å². The van der Waals surface area contributed by atoms with Crippen molar-refractivity contribution >= 4 is 39.1 Å². The Bertz CT molecular complexity index is 940. The van der Waals surface area contributed by atoms with Gasteiger partial charge in [0.25, 0.3) is 5.91 Å². The molecule has 1 fully saturated rings. The molecule has 144 valence electrons. The summed E-state index contributed by atoms with van der Waals surface area (Å²) in [6.07, 6.45) is 0. The van der Waals surface area contributed by atoms with Crippen LogP contribution >= 0.6 is 23.2 Å². The summed E-state index contributed by atoms with van der Waals surface area (Å²) in [5.74, 6) is 0.193. The highest BCUT2D eigenvalue weighted by Crippen LogP contribution is 2.25. The zero-order chi connectivity index (χ0) is 19.6. The number of methoxy groups -OCH3 is 1. The standard InChI is InChI=1S/C18H18Cl2N2O4S/c1-26-17-7-4-14(20)12-16(17)18(23)21-8-10-22(11-9-21)27(24,25)15-5-2-13(19)3-6-15/h2-7,12H,8-11H2,1H3. The number of rotatable bonds is 4. The molecule has 1 heterocycles. The molecule has 2 aromatic carbocycles. The minimum absolute atomic E-state index is 0.184. The van der Waals surface area contributed by atoms with Gasteiger partial charge >= 0.3 is 0 Å². The number of amides is 1. The van der Waals surface area contributed by atoms with Crippen molar-refractivity contribution in [1.29, 1.82) is 0 Å². The average molecular weight is 429 g/mol. The smallest absolute Gasteiger partial charge is 0.257 e. The molecule has 1 aliphatic heterocycles. The van der Waals surface area contributed by atoms with Crippen LogP contribution < -0.4 is 4.74 Å². The molecule has 0 atom stereocenters. The summed E-state index contributed by atoms with van der Waals surface area (Å²) >= 11 is 11.8. The Morgan fingerprint density at radius 2 is 1.56 bits per heavy atom. The predicted molar refractivity (Wildman–Crippen MR) is 104 cm³/mol. The first-order chi connectivity index (χ1) is 12.8. The van der Waals surface area contributed by atoms with E-state index < -0.39 is 10.0 Å². The van der Waals surface area contributed by atoms with Gasteiger partial charge in [-0.3, -0.25) is 4.79 Å². The molecule has 2 aromatic rings. The van der Waals surface area contributed by atoms with E-state index in [0.29, 0.717) is 21.4 Å². The fraction of sp³-hybridized carbons (Fsp3) is 0.278. The monoisotopic (exact) mass is 428 g/mol. The molecular weight excluding hydrogens is 411 g/mol.